The lowest BCUT2D eigenvalue weighted by Gasteiger charge is -1.90. The van der Waals surface area contributed by atoms with Crippen molar-refractivity contribution in [2.75, 3.05) is 0 Å². The van der Waals surface area contributed by atoms with Crippen molar-refractivity contribution in [3.8, 4) is 0 Å². The van der Waals surface area contributed by atoms with E-state index < -0.39 is 0 Å². The van der Waals surface area contributed by atoms with Gasteiger partial charge in [-0.1, -0.05) is 0 Å². The van der Waals surface area contributed by atoms with Crippen molar-refractivity contribution < 1.29 is 0 Å². The van der Waals surface area contributed by atoms with Gasteiger partial charge in [0.15, 0.2) is 0 Å². The van der Waals surface area contributed by atoms with Crippen molar-refractivity contribution in [3.05, 3.63) is 39.5 Å². The molecule has 0 amide bonds. The summed E-state index contributed by atoms with van der Waals surface area (Å²) in [6.45, 7) is 0. The third-order valence-corrected chi connectivity index (χ3v) is 2.21. The highest BCUT2D eigenvalue weighted by molar-refractivity contribution is 9.10. The summed E-state index contributed by atoms with van der Waals surface area (Å²) in [5.74, 6) is 0. The van der Waals surface area contributed by atoms with Gasteiger partial charge in [-0.15, -0.1) is 0 Å². The molecule has 0 aliphatic rings. The fourth-order valence-corrected chi connectivity index (χ4v) is 1.46. The monoisotopic (exact) mass is 212 g/mol. The Morgan fingerprint density at radius 1 is 1.45 bits per heavy atom. The lowest BCUT2D eigenvalue weighted by atomic mass is 10.5. The molecule has 1 N–H and O–H groups in total. The largest absolute Gasteiger partial charge is 0.330 e. The van der Waals surface area contributed by atoms with Crippen LogP contribution in [0.5, 0.6) is 0 Å². The molecular formula is C7H5BrN2O. The fourth-order valence-electron chi connectivity index (χ4n) is 1.02. The molecule has 2 aromatic rings. The van der Waals surface area contributed by atoms with E-state index in [4.69, 9.17) is 0 Å². The van der Waals surface area contributed by atoms with Crippen molar-refractivity contribution in [1.29, 1.82) is 0 Å². The van der Waals surface area contributed by atoms with E-state index in [-0.39, 0.29) is 5.69 Å². The highest BCUT2D eigenvalue weighted by atomic mass is 79.9. The number of hydrogen-bond donors (Lipinski definition) is 1. The van der Waals surface area contributed by atoms with Gasteiger partial charge >= 0.3 is 5.69 Å². The van der Waals surface area contributed by atoms with Gasteiger partial charge in [-0.25, -0.2) is 4.79 Å². The molecule has 0 unspecified atom stereocenters. The minimum atomic E-state index is -0.117. The van der Waals surface area contributed by atoms with Crippen LogP contribution in [0.25, 0.3) is 5.52 Å². The quantitative estimate of drug-likeness (QED) is 0.705. The van der Waals surface area contributed by atoms with Crippen LogP contribution in [0, 0.1) is 0 Å². The normalized spacial score (nSPS) is 10.6. The molecule has 0 spiro atoms. The molecule has 0 aliphatic heterocycles. The highest BCUT2D eigenvalue weighted by Crippen LogP contribution is 2.15. The first-order chi connectivity index (χ1) is 5.29. The van der Waals surface area contributed by atoms with Crippen LogP contribution in [0.15, 0.2) is 33.8 Å². The Morgan fingerprint density at radius 3 is 3.00 bits per heavy atom. The Kier molecular flexibility index (Phi) is 1.35. The maximum Gasteiger partial charge on any atom is 0.330 e. The zero-order chi connectivity index (χ0) is 7.84. The molecule has 4 heteroatoms. The van der Waals surface area contributed by atoms with Gasteiger partial charge in [0, 0.05) is 16.9 Å². The average Bonchev–Trinajstić information content (AvgIpc) is 2.35. The smallest absolute Gasteiger partial charge is 0.314 e. The Bertz CT molecular complexity index is 443. The lowest BCUT2D eigenvalue weighted by Crippen LogP contribution is -2.13. The summed E-state index contributed by atoms with van der Waals surface area (Å²) in [6.07, 6.45) is 3.35. The molecule has 0 atom stereocenters. The fraction of sp³-hybridized carbons (Fsp3) is 0. The molecule has 0 radical (unpaired) electrons. The Balaban J connectivity index is 3.06. The summed E-state index contributed by atoms with van der Waals surface area (Å²) in [6, 6.07) is 3.68. The van der Waals surface area contributed by atoms with Crippen LogP contribution in [0.2, 0.25) is 0 Å². The molecule has 0 saturated heterocycles. The van der Waals surface area contributed by atoms with Crippen LogP contribution < -0.4 is 5.69 Å². The van der Waals surface area contributed by atoms with Gasteiger partial charge in [0.25, 0.3) is 0 Å². The zero-order valence-corrected chi connectivity index (χ0v) is 7.13. The molecule has 2 aromatic heterocycles. The Hall–Kier alpha value is -1.03. The first-order valence-electron chi connectivity index (χ1n) is 3.13. The SMILES string of the molecule is O=c1[nH]ccc2c(Br)ccn12. The molecule has 11 heavy (non-hydrogen) atoms. The van der Waals surface area contributed by atoms with Gasteiger partial charge in [-0.2, -0.15) is 0 Å². The number of H-pyrrole nitrogens is 1. The number of nitrogens with one attached hydrogen (secondary N) is 1. The minimum absolute atomic E-state index is 0.117. The Labute approximate surface area is 70.8 Å². The number of fused-ring (bicyclic) bond motifs is 1. The van der Waals surface area contributed by atoms with Gasteiger partial charge in [0.2, 0.25) is 0 Å². The molecule has 0 saturated carbocycles. The van der Waals surface area contributed by atoms with E-state index in [1.165, 1.54) is 0 Å². The second kappa shape index (κ2) is 2.23. The van der Waals surface area contributed by atoms with Crippen LogP contribution in [0.4, 0.5) is 0 Å². The third kappa shape index (κ3) is 0.903. The first kappa shape index (κ1) is 6.67. The van der Waals surface area contributed by atoms with Crippen molar-refractivity contribution in [1.82, 2.24) is 9.38 Å². The number of halogens is 1. The van der Waals surface area contributed by atoms with Crippen molar-refractivity contribution in [3.63, 3.8) is 0 Å². The summed E-state index contributed by atoms with van der Waals surface area (Å²) in [7, 11) is 0. The van der Waals surface area contributed by atoms with Crippen LogP contribution in [0.1, 0.15) is 0 Å². The number of aromatic nitrogens is 2. The third-order valence-electron chi connectivity index (χ3n) is 1.54. The van der Waals surface area contributed by atoms with E-state index in [0.29, 0.717) is 0 Å². The van der Waals surface area contributed by atoms with Crippen molar-refractivity contribution >= 4 is 21.4 Å². The van der Waals surface area contributed by atoms with Gasteiger partial charge < -0.3 is 4.98 Å². The highest BCUT2D eigenvalue weighted by Gasteiger charge is 1.98. The van der Waals surface area contributed by atoms with E-state index in [1.807, 2.05) is 12.1 Å². The summed E-state index contributed by atoms with van der Waals surface area (Å²) in [5.41, 5.74) is 0.766. The second-order valence-electron chi connectivity index (χ2n) is 2.20. The molecule has 56 valence electrons. The lowest BCUT2D eigenvalue weighted by molar-refractivity contribution is 1.01. The summed E-state index contributed by atoms with van der Waals surface area (Å²) < 4.78 is 2.48. The maximum atomic E-state index is 11.1. The summed E-state index contributed by atoms with van der Waals surface area (Å²) >= 11 is 3.33. The predicted octanol–water partition coefficient (Wildman–Crippen LogP) is 1.39. The minimum Gasteiger partial charge on any atom is -0.314 e. The number of nitrogens with zero attached hydrogens (tertiary/aromatic N) is 1. The van der Waals surface area contributed by atoms with E-state index in [1.54, 1.807) is 16.8 Å². The molecule has 0 aliphatic carbocycles. The van der Waals surface area contributed by atoms with E-state index in [2.05, 4.69) is 20.9 Å². The molecule has 2 rings (SSSR count). The maximum absolute atomic E-state index is 11.1. The second-order valence-corrected chi connectivity index (χ2v) is 3.06. The zero-order valence-electron chi connectivity index (χ0n) is 5.54. The molecule has 3 nitrogen and oxygen atoms in total. The topological polar surface area (TPSA) is 37.3 Å². The molecule has 2 heterocycles. The van der Waals surface area contributed by atoms with Gasteiger partial charge in [0.1, 0.15) is 0 Å². The van der Waals surface area contributed by atoms with Gasteiger partial charge in [-0.3, -0.25) is 4.40 Å². The average molecular weight is 213 g/mol. The van der Waals surface area contributed by atoms with E-state index in [9.17, 15) is 4.79 Å². The Morgan fingerprint density at radius 2 is 2.27 bits per heavy atom. The van der Waals surface area contributed by atoms with E-state index >= 15 is 0 Å². The first-order valence-corrected chi connectivity index (χ1v) is 3.92. The van der Waals surface area contributed by atoms with Gasteiger partial charge in [-0.05, 0) is 28.1 Å². The van der Waals surface area contributed by atoms with Crippen LogP contribution >= 0.6 is 15.9 Å². The number of hydrogen-bond acceptors (Lipinski definition) is 1. The predicted molar refractivity (Wildman–Crippen MR) is 45.7 cm³/mol. The number of aromatic amines is 1. The standard InChI is InChI=1S/C7H5BrN2O/c8-5-2-4-10-6(5)1-3-9-7(10)11/h1-4H,(H,9,11). The molecule has 0 aromatic carbocycles. The van der Waals surface area contributed by atoms with Crippen molar-refractivity contribution in [2.24, 2.45) is 0 Å². The van der Waals surface area contributed by atoms with Crippen LogP contribution in [-0.4, -0.2) is 9.38 Å². The van der Waals surface area contributed by atoms with Crippen LogP contribution in [-0.2, 0) is 0 Å². The van der Waals surface area contributed by atoms with Gasteiger partial charge in [0.05, 0.1) is 5.52 Å². The number of rotatable bonds is 0. The summed E-state index contributed by atoms with van der Waals surface area (Å²) in [4.78, 5) is 13.7. The summed E-state index contributed by atoms with van der Waals surface area (Å²) in [5, 5.41) is 0. The van der Waals surface area contributed by atoms with E-state index in [0.717, 1.165) is 9.99 Å². The van der Waals surface area contributed by atoms with Crippen molar-refractivity contribution in [2.45, 2.75) is 0 Å². The van der Waals surface area contributed by atoms with Crippen LogP contribution in [0.3, 0.4) is 0 Å². The molecule has 0 fully saturated rings. The molecular weight excluding hydrogens is 208 g/mol. The molecule has 0 bridgehead atoms.